The van der Waals surface area contributed by atoms with Gasteiger partial charge in [-0.2, -0.15) is 4.98 Å². The number of amides is 1. The molecule has 2 rings (SSSR count). The molecule has 1 amide bonds. The molecule has 5 nitrogen and oxygen atoms in total. The van der Waals surface area contributed by atoms with Crippen molar-refractivity contribution in [1.82, 2.24) is 15.3 Å². The zero-order chi connectivity index (χ0) is 15.8. The Hall–Kier alpha value is -1.66. The zero-order valence-electron chi connectivity index (χ0n) is 11.9. The maximum atomic E-state index is 11.7. The Kier molecular flexibility index (Phi) is 7.11. The van der Waals surface area contributed by atoms with Crippen LogP contribution in [0.25, 0.3) is 0 Å². The Morgan fingerprint density at radius 2 is 2.00 bits per heavy atom. The van der Waals surface area contributed by atoms with Gasteiger partial charge in [0.15, 0.2) is 0 Å². The van der Waals surface area contributed by atoms with Crippen LogP contribution in [-0.4, -0.2) is 22.9 Å². The van der Waals surface area contributed by atoms with Gasteiger partial charge in [0.2, 0.25) is 11.2 Å². The molecule has 1 aromatic heterocycles. The van der Waals surface area contributed by atoms with Gasteiger partial charge in [-0.15, -0.1) is 0 Å². The van der Waals surface area contributed by atoms with Crippen molar-refractivity contribution in [1.29, 1.82) is 0 Å². The fraction of sp³-hybridized carbons (Fsp3) is 0.214. The van der Waals surface area contributed by atoms with E-state index in [4.69, 9.17) is 16.3 Å². The molecule has 0 unspecified atom stereocenters. The van der Waals surface area contributed by atoms with Crippen LogP contribution in [0, 0.1) is 0 Å². The van der Waals surface area contributed by atoms with Gasteiger partial charge in [-0.1, -0.05) is 26.0 Å². The van der Waals surface area contributed by atoms with E-state index in [1.165, 1.54) is 6.20 Å². The molecular weight excluding hydrogens is 358 g/mol. The number of hydrogen-bond donors (Lipinski definition) is 1. The summed E-state index contributed by atoms with van der Waals surface area (Å²) in [5.74, 6) is 0.389. The van der Waals surface area contributed by atoms with Crippen LogP contribution in [0.3, 0.4) is 0 Å². The second-order valence-electron chi connectivity index (χ2n) is 3.47. The third-order valence-corrected chi connectivity index (χ3v) is 2.97. The Bertz CT molecular complexity index is 623. The number of carbonyl (C=O) groups is 1. The summed E-state index contributed by atoms with van der Waals surface area (Å²) in [6, 6.07) is 6.84. The van der Waals surface area contributed by atoms with E-state index in [0.29, 0.717) is 15.8 Å². The molecule has 112 valence electrons. The number of halogens is 2. The largest absolute Gasteiger partial charge is 0.437 e. The van der Waals surface area contributed by atoms with Gasteiger partial charge in [0.05, 0.1) is 10.0 Å². The predicted octanol–water partition coefficient (Wildman–Crippen LogP) is 4.07. The molecule has 0 radical (unpaired) electrons. The number of rotatable bonds is 3. The average Bonchev–Trinajstić information content (AvgIpc) is 2.52. The van der Waals surface area contributed by atoms with E-state index < -0.39 is 0 Å². The molecule has 0 bridgehead atoms. The highest BCUT2D eigenvalue weighted by molar-refractivity contribution is 9.10. The topological polar surface area (TPSA) is 64.1 Å². The second-order valence-corrected chi connectivity index (χ2v) is 4.66. The summed E-state index contributed by atoms with van der Waals surface area (Å²) in [4.78, 5) is 19.5. The summed E-state index contributed by atoms with van der Waals surface area (Å²) in [5, 5.41) is 2.61. The number of carbonyl (C=O) groups excluding carboxylic acids is 1. The van der Waals surface area contributed by atoms with Crippen LogP contribution in [0.1, 0.15) is 24.2 Å². The Morgan fingerprint density at radius 1 is 1.33 bits per heavy atom. The minimum Gasteiger partial charge on any atom is -0.437 e. The highest BCUT2D eigenvalue weighted by atomic mass is 79.9. The van der Waals surface area contributed by atoms with Crippen LogP contribution in [-0.2, 0) is 0 Å². The quantitative estimate of drug-likeness (QED) is 0.825. The van der Waals surface area contributed by atoms with Crippen LogP contribution in [0.5, 0.6) is 11.6 Å². The second kappa shape index (κ2) is 8.59. The Balaban J connectivity index is 0.00000106. The van der Waals surface area contributed by atoms with Gasteiger partial charge >= 0.3 is 0 Å². The van der Waals surface area contributed by atoms with E-state index in [9.17, 15) is 4.79 Å². The summed E-state index contributed by atoms with van der Waals surface area (Å²) in [5.41, 5.74) is 0.409. The molecule has 0 fully saturated rings. The highest BCUT2D eigenvalue weighted by Gasteiger charge is 2.13. The summed E-state index contributed by atoms with van der Waals surface area (Å²) in [6.07, 6.45) is 1.48. The zero-order valence-corrected chi connectivity index (χ0v) is 14.2. The molecule has 0 aliphatic heterocycles. The molecule has 0 atom stereocenters. The first-order valence-corrected chi connectivity index (χ1v) is 7.46. The number of hydrogen-bond acceptors (Lipinski definition) is 4. The molecule has 1 heterocycles. The summed E-state index contributed by atoms with van der Waals surface area (Å²) >= 11 is 8.97. The summed E-state index contributed by atoms with van der Waals surface area (Å²) < 4.78 is 6.15. The number of benzene rings is 1. The van der Waals surface area contributed by atoms with Crippen LogP contribution in [0.2, 0.25) is 5.28 Å². The molecule has 7 heteroatoms. The fourth-order valence-corrected chi connectivity index (χ4v) is 1.78. The van der Waals surface area contributed by atoms with Gasteiger partial charge in [0.1, 0.15) is 5.75 Å². The van der Waals surface area contributed by atoms with Crippen molar-refractivity contribution in [3.05, 3.63) is 45.8 Å². The molecule has 1 aromatic carbocycles. The minimum absolute atomic E-state index is 0.0654. The van der Waals surface area contributed by atoms with Gasteiger partial charge in [0, 0.05) is 13.2 Å². The van der Waals surface area contributed by atoms with Crippen LogP contribution in [0.4, 0.5) is 0 Å². The van der Waals surface area contributed by atoms with Crippen molar-refractivity contribution in [3.8, 4) is 11.6 Å². The van der Waals surface area contributed by atoms with Crippen LogP contribution < -0.4 is 10.1 Å². The van der Waals surface area contributed by atoms with Crippen molar-refractivity contribution in [2.75, 3.05) is 7.05 Å². The minimum atomic E-state index is -0.244. The third kappa shape index (κ3) is 4.68. The van der Waals surface area contributed by atoms with E-state index in [0.717, 1.165) is 0 Å². The van der Waals surface area contributed by atoms with Gasteiger partial charge in [-0.05, 0) is 39.7 Å². The number of para-hydroxylation sites is 1. The van der Waals surface area contributed by atoms with Crippen molar-refractivity contribution in [3.63, 3.8) is 0 Å². The van der Waals surface area contributed by atoms with E-state index in [-0.39, 0.29) is 17.1 Å². The normalized spacial score (nSPS) is 9.38. The third-order valence-electron chi connectivity index (χ3n) is 2.25. The van der Waals surface area contributed by atoms with Gasteiger partial charge in [0.25, 0.3) is 5.91 Å². The van der Waals surface area contributed by atoms with E-state index in [1.54, 1.807) is 31.3 Å². The molecule has 0 spiro atoms. The lowest BCUT2D eigenvalue weighted by atomic mass is 10.2. The number of nitrogens with one attached hydrogen (secondary N) is 1. The van der Waals surface area contributed by atoms with Crippen molar-refractivity contribution < 1.29 is 9.53 Å². The highest BCUT2D eigenvalue weighted by Crippen LogP contribution is 2.29. The Morgan fingerprint density at radius 3 is 2.67 bits per heavy atom. The molecule has 0 saturated heterocycles. The van der Waals surface area contributed by atoms with E-state index in [2.05, 4.69) is 31.2 Å². The Labute approximate surface area is 136 Å². The molecule has 0 aliphatic rings. The molecule has 21 heavy (non-hydrogen) atoms. The van der Waals surface area contributed by atoms with Gasteiger partial charge in [-0.3, -0.25) is 4.79 Å². The maximum absolute atomic E-state index is 11.7. The maximum Gasteiger partial charge on any atom is 0.254 e. The first-order valence-electron chi connectivity index (χ1n) is 6.29. The smallest absolute Gasteiger partial charge is 0.254 e. The van der Waals surface area contributed by atoms with Gasteiger partial charge in [-0.25, -0.2) is 4.98 Å². The standard InChI is InChI=1S/C12H9BrClN3O2.C2H6/c1-15-10(18)7-4-2-3-5-9(7)19-11-8(13)6-16-12(14)17-11;1-2/h2-6H,1H3,(H,15,18);1-2H3. The lowest BCUT2D eigenvalue weighted by Gasteiger charge is -2.10. The SMILES string of the molecule is CC.CNC(=O)c1ccccc1Oc1nc(Cl)ncc1Br. The van der Waals surface area contributed by atoms with Crippen LogP contribution >= 0.6 is 27.5 Å². The van der Waals surface area contributed by atoms with E-state index in [1.807, 2.05) is 13.8 Å². The molecule has 0 saturated carbocycles. The summed E-state index contributed by atoms with van der Waals surface area (Å²) in [7, 11) is 1.55. The van der Waals surface area contributed by atoms with Crippen LogP contribution in [0.15, 0.2) is 34.9 Å². The van der Waals surface area contributed by atoms with Crippen molar-refractivity contribution >= 4 is 33.4 Å². The molecular formula is C14H15BrClN3O2. The van der Waals surface area contributed by atoms with Crippen molar-refractivity contribution in [2.45, 2.75) is 13.8 Å². The number of ether oxygens (including phenoxy) is 1. The molecule has 2 aromatic rings. The first-order chi connectivity index (χ1) is 10.1. The lowest BCUT2D eigenvalue weighted by molar-refractivity contribution is 0.0960. The van der Waals surface area contributed by atoms with Crippen molar-refractivity contribution in [2.24, 2.45) is 0 Å². The van der Waals surface area contributed by atoms with Gasteiger partial charge < -0.3 is 10.1 Å². The monoisotopic (exact) mass is 371 g/mol. The average molecular weight is 373 g/mol. The van der Waals surface area contributed by atoms with E-state index >= 15 is 0 Å². The predicted molar refractivity (Wildman–Crippen MR) is 86.0 cm³/mol. The molecule has 0 aliphatic carbocycles. The number of nitrogens with zero attached hydrogens (tertiary/aromatic N) is 2. The summed E-state index contributed by atoms with van der Waals surface area (Å²) in [6.45, 7) is 4.00. The lowest BCUT2D eigenvalue weighted by Crippen LogP contribution is -2.18. The fourth-order valence-electron chi connectivity index (χ4n) is 1.38. The molecule has 1 N–H and O–H groups in total. The first kappa shape index (κ1) is 17.4. The number of aromatic nitrogens is 2.